The van der Waals surface area contributed by atoms with Crippen LogP contribution in [0.2, 0.25) is 10.0 Å². The highest BCUT2D eigenvalue weighted by Crippen LogP contribution is 2.27. The number of carbonyl (C=O) groups excluding carboxylic acids is 1. The highest BCUT2D eigenvalue weighted by Gasteiger charge is 2.13. The van der Waals surface area contributed by atoms with Gasteiger partial charge in [0.25, 0.3) is 5.91 Å². The average Bonchev–Trinajstić information content (AvgIpc) is 2.93. The van der Waals surface area contributed by atoms with Crippen LogP contribution in [0.5, 0.6) is 5.75 Å². The van der Waals surface area contributed by atoms with Crippen molar-refractivity contribution in [1.82, 2.24) is 4.57 Å². The molecule has 132 valence electrons. The molecule has 0 aliphatic heterocycles. The van der Waals surface area contributed by atoms with Crippen molar-refractivity contribution in [1.29, 1.82) is 0 Å². The Morgan fingerprint density at radius 2 is 2.04 bits per heavy atom. The number of hydrogen-bond donors (Lipinski definition) is 0. The second-order valence-electron chi connectivity index (χ2n) is 5.29. The molecule has 4 nitrogen and oxygen atoms in total. The topological polar surface area (TPSA) is 43.6 Å². The summed E-state index contributed by atoms with van der Waals surface area (Å²) in [6.07, 6.45) is 5.52. The Balaban J connectivity index is 2.19. The van der Waals surface area contributed by atoms with E-state index >= 15 is 0 Å². The Kier molecular flexibility index (Phi) is 5.67. The summed E-state index contributed by atoms with van der Waals surface area (Å²) in [5.41, 5.74) is 1.14. The van der Waals surface area contributed by atoms with Crippen LogP contribution in [-0.2, 0) is 6.54 Å². The Labute approximate surface area is 164 Å². The summed E-state index contributed by atoms with van der Waals surface area (Å²) in [4.78, 5) is 17.3. The molecular weight excluding hydrogens is 391 g/mol. The minimum atomic E-state index is -0.440. The molecule has 26 heavy (non-hydrogen) atoms. The van der Waals surface area contributed by atoms with Crippen molar-refractivity contribution in [3.63, 3.8) is 0 Å². The van der Waals surface area contributed by atoms with Crippen LogP contribution >= 0.6 is 34.5 Å². The Hall–Kier alpha value is -2.26. The van der Waals surface area contributed by atoms with E-state index in [0.29, 0.717) is 32.8 Å². The van der Waals surface area contributed by atoms with Gasteiger partial charge in [0.1, 0.15) is 11.3 Å². The quantitative estimate of drug-likeness (QED) is 0.587. The van der Waals surface area contributed by atoms with Gasteiger partial charge in [-0.3, -0.25) is 4.79 Å². The highest BCUT2D eigenvalue weighted by molar-refractivity contribution is 7.16. The molecule has 1 amide bonds. The fourth-order valence-electron chi connectivity index (χ4n) is 2.52. The van der Waals surface area contributed by atoms with Gasteiger partial charge >= 0.3 is 0 Å². The monoisotopic (exact) mass is 404 g/mol. The van der Waals surface area contributed by atoms with E-state index in [-0.39, 0.29) is 6.54 Å². The summed E-state index contributed by atoms with van der Waals surface area (Å²) in [5, 5.41) is 0.755. The molecule has 0 aliphatic carbocycles. The van der Waals surface area contributed by atoms with E-state index in [1.54, 1.807) is 10.6 Å². The van der Waals surface area contributed by atoms with Crippen LogP contribution < -0.4 is 9.54 Å². The smallest absolute Gasteiger partial charge is 0.279 e. The standard InChI is InChI=1S/C19H14Cl2N2O2S/c1-3-8-23-17-15(25-4-2)6-5-7-16(17)26-19(23)22-18(24)12-9-13(20)11-14(21)10-12/h1,5-7,9-11H,4,8H2,2H3. The molecule has 3 rings (SSSR count). The SMILES string of the molecule is C#CCn1c(=NC(=O)c2cc(Cl)cc(Cl)c2)sc2cccc(OCC)c21. The Morgan fingerprint density at radius 3 is 2.69 bits per heavy atom. The number of carbonyl (C=O) groups is 1. The van der Waals surface area contributed by atoms with E-state index in [0.717, 1.165) is 10.2 Å². The number of ether oxygens (including phenoxy) is 1. The van der Waals surface area contributed by atoms with E-state index in [4.69, 9.17) is 34.4 Å². The van der Waals surface area contributed by atoms with Gasteiger partial charge in [-0.25, -0.2) is 0 Å². The number of terminal acetylenes is 1. The van der Waals surface area contributed by atoms with Gasteiger partial charge in [0, 0.05) is 15.6 Å². The molecule has 0 saturated carbocycles. The summed E-state index contributed by atoms with van der Waals surface area (Å²) in [6.45, 7) is 2.71. The number of hydrogen-bond acceptors (Lipinski definition) is 3. The number of fused-ring (bicyclic) bond motifs is 1. The zero-order valence-corrected chi connectivity index (χ0v) is 16.2. The average molecular weight is 405 g/mol. The normalized spacial score (nSPS) is 11.5. The number of nitrogens with zero attached hydrogens (tertiary/aromatic N) is 2. The van der Waals surface area contributed by atoms with Gasteiger partial charge in [-0.1, -0.05) is 46.5 Å². The van der Waals surface area contributed by atoms with Crippen molar-refractivity contribution in [2.24, 2.45) is 4.99 Å². The second kappa shape index (κ2) is 7.96. The van der Waals surface area contributed by atoms with E-state index in [2.05, 4.69) is 10.9 Å². The lowest BCUT2D eigenvalue weighted by Gasteiger charge is -2.07. The van der Waals surface area contributed by atoms with Crippen LogP contribution in [0.25, 0.3) is 10.2 Å². The number of amides is 1. The minimum Gasteiger partial charge on any atom is -0.492 e. The molecule has 0 atom stereocenters. The number of thiazole rings is 1. The first-order valence-electron chi connectivity index (χ1n) is 7.77. The molecule has 1 heterocycles. The number of aromatic nitrogens is 1. The van der Waals surface area contributed by atoms with Crippen molar-refractivity contribution in [3.05, 3.63) is 56.8 Å². The van der Waals surface area contributed by atoms with Gasteiger partial charge < -0.3 is 9.30 Å². The third kappa shape index (κ3) is 3.78. The summed E-state index contributed by atoms with van der Waals surface area (Å²) >= 11 is 13.3. The lowest BCUT2D eigenvalue weighted by molar-refractivity contribution is 0.0998. The molecule has 0 radical (unpaired) electrons. The number of halogens is 2. The molecule has 7 heteroatoms. The maximum Gasteiger partial charge on any atom is 0.279 e. The van der Waals surface area contributed by atoms with E-state index in [1.165, 1.54) is 23.5 Å². The highest BCUT2D eigenvalue weighted by atomic mass is 35.5. The number of para-hydroxylation sites is 1. The van der Waals surface area contributed by atoms with Gasteiger partial charge in [0.15, 0.2) is 4.80 Å². The van der Waals surface area contributed by atoms with Crippen LogP contribution in [0.1, 0.15) is 17.3 Å². The summed E-state index contributed by atoms with van der Waals surface area (Å²) in [7, 11) is 0. The predicted octanol–water partition coefficient (Wildman–Crippen LogP) is 4.78. The van der Waals surface area contributed by atoms with Crippen molar-refractivity contribution in [2.45, 2.75) is 13.5 Å². The van der Waals surface area contributed by atoms with Crippen LogP contribution in [0.4, 0.5) is 0 Å². The molecule has 3 aromatic rings. The molecular formula is C19H14Cl2N2O2S. The van der Waals surface area contributed by atoms with Crippen LogP contribution in [0.15, 0.2) is 41.4 Å². The first-order valence-corrected chi connectivity index (χ1v) is 9.34. The van der Waals surface area contributed by atoms with E-state index < -0.39 is 5.91 Å². The Morgan fingerprint density at radius 1 is 1.31 bits per heavy atom. The minimum absolute atomic E-state index is 0.270. The maximum absolute atomic E-state index is 12.6. The first kappa shape index (κ1) is 18.5. The van der Waals surface area contributed by atoms with Crippen molar-refractivity contribution in [2.75, 3.05) is 6.61 Å². The van der Waals surface area contributed by atoms with Crippen LogP contribution in [-0.4, -0.2) is 17.1 Å². The van der Waals surface area contributed by atoms with E-state index in [9.17, 15) is 4.79 Å². The molecule has 0 saturated heterocycles. The molecule has 2 aromatic carbocycles. The molecule has 0 fully saturated rings. The van der Waals surface area contributed by atoms with Gasteiger partial charge in [-0.15, -0.1) is 6.42 Å². The molecule has 0 N–H and O–H groups in total. The van der Waals surface area contributed by atoms with Crippen molar-refractivity contribution >= 4 is 50.7 Å². The molecule has 0 aliphatic rings. The third-order valence-electron chi connectivity index (χ3n) is 3.52. The Bertz CT molecular complexity index is 1070. The zero-order valence-electron chi connectivity index (χ0n) is 13.8. The van der Waals surface area contributed by atoms with Gasteiger partial charge in [-0.05, 0) is 37.3 Å². The van der Waals surface area contributed by atoms with E-state index in [1.807, 2.05) is 25.1 Å². The third-order valence-corrected chi connectivity index (χ3v) is 5.00. The van der Waals surface area contributed by atoms with Crippen LogP contribution in [0.3, 0.4) is 0 Å². The predicted molar refractivity (Wildman–Crippen MR) is 106 cm³/mol. The molecule has 0 bridgehead atoms. The fraction of sp³-hybridized carbons (Fsp3) is 0.158. The van der Waals surface area contributed by atoms with Crippen molar-refractivity contribution in [3.8, 4) is 18.1 Å². The lowest BCUT2D eigenvalue weighted by Crippen LogP contribution is -2.17. The molecule has 1 aromatic heterocycles. The van der Waals surface area contributed by atoms with Gasteiger partial charge in [0.05, 0.1) is 17.9 Å². The van der Waals surface area contributed by atoms with Gasteiger partial charge in [0.2, 0.25) is 0 Å². The van der Waals surface area contributed by atoms with Gasteiger partial charge in [-0.2, -0.15) is 4.99 Å². The fourth-order valence-corrected chi connectivity index (χ4v) is 4.09. The zero-order chi connectivity index (χ0) is 18.7. The summed E-state index contributed by atoms with van der Waals surface area (Å²) in [5.74, 6) is 2.87. The largest absolute Gasteiger partial charge is 0.492 e. The first-order chi connectivity index (χ1) is 12.5. The molecule has 0 spiro atoms. The second-order valence-corrected chi connectivity index (χ2v) is 7.17. The maximum atomic E-state index is 12.6. The van der Waals surface area contributed by atoms with Crippen molar-refractivity contribution < 1.29 is 9.53 Å². The molecule has 0 unspecified atom stereocenters. The summed E-state index contributed by atoms with van der Waals surface area (Å²) < 4.78 is 8.43. The lowest BCUT2D eigenvalue weighted by atomic mass is 10.2. The number of benzene rings is 2. The van der Waals surface area contributed by atoms with Crippen LogP contribution in [0, 0.1) is 12.3 Å². The summed E-state index contributed by atoms with van der Waals surface area (Å²) in [6, 6.07) is 10.3. The number of rotatable bonds is 4.